The molecule has 0 aliphatic rings. The van der Waals surface area contributed by atoms with Crippen LogP contribution in [0.3, 0.4) is 0 Å². The maximum absolute atomic E-state index is 13.0. The molecule has 8 nitrogen and oxygen atoms in total. The molecule has 0 saturated carbocycles. The van der Waals surface area contributed by atoms with E-state index < -0.39 is 5.97 Å². The number of carbonyl (C=O) groups excluding carboxylic acids is 3. The third kappa shape index (κ3) is 7.02. The fraction of sp³-hybridized carbons (Fsp3) is 0.333. The number of carbonyl (C=O) groups is 3. The summed E-state index contributed by atoms with van der Waals surface area (Å²) in [5.41, 5.74) is 3.56. The maximum atomic E-state index is 13.0. The Morgan fingerprint density at radius 3 is 2.34 bits per heavy atom. The van der Waals surface area contributed by atoms with Crippen molar-refractivity contribution in [3.63, 3.8) is 0 Å². The minimum absolute atomic E-state index is 0.0102. The van der Waals surface area contributed by atoms with Crippen LogP contribution < -0.4 is 5.32 Å². The van der Waals surface area contributed by atoms with Crippen molar-refractivity contribution in [2.24, 2.45) is 0 Å². The second-order valence-electron chi connectivity index (χ2n) is 8.50. The average molecular weight is 477 g/mol. The highest BCUT2D eigenvalue weighted by molar-refractivity contribution is 5.95. The summed E-state index contributed by atoms with van der Waals surface area (Å²) in [4.78, 5) is 38.8. The van der Waals surface area contributed by atoms with Gasteiger partial charge in [0.25, 0.3) is 0 Å². The summed E-state index contributed by atoms with van der Waals surface area (Å²) in [5.74, 6) is -0.555. The Balaban J connectivity index is 1.80. The van der Waals surface area contributed by atoms with Gasteiger partial charge < -0.3 is 15.0 Å². The molecule has 3 aromatic rings. The molecule has 35 heavy (non-hydrogen) atoms. The van der Waals surface area contributed by atoms with Crippen LogP contribution in [0.2, 0.25) is 0 Å². The number of esters is 1. The van der Waals surface area contributed by atoms with E-state index in [4.69, 9.17) is 9.84 Å². The monoisotopic (exact) mass is 476 g/mol. The second kappa shape index (κ2) is 12.0. The van der Waals surface area contributed by atoms with Crippen molar-refractivity contribution in [2.45, 2.75) is 46.6 Å². The minimum atomic E-state index is -0.426. The molecule has 0 aliphatic carbocycles. The van der Waals surface area contributed by atoms with Gasteiger partial charge in [-0.25, -0.2) is 4.68 Å². The lowest BCUT2D eigenvalue weighted by atomic mass is 10.1. The zero-order chi connectivity index (χ0) is 25.4. The number of hydrogen-bond donors (Lipinski definition) is 1. The highest BCUT2D eigenvalue weighted by Gasteiger charge is 2.22. The SMILES string of the molecule is CCOC(=O)CCC(=O)N(CC(=O)Nc1cc(-c2ccccc2)nn1-c1ccc(C)cc1)C(C)C. The molecule has 0 aliphatic heterocycles. The van der Waals surface area contributed by atoms with Gasteiger partial charge in [-0.3, -0.25) is 14.4 Å². The number of rotatable bonds is 10. The number of ether oxygens (including phenoxy) is 1. The number of aromatic nitrogens is 2. The summed E-state index contributed by atoms with van der Waals surface area (Å²) < 4.78 is 6.58. The highest BCUT2D eigenvalue weighted by atomic mass is 16.5. The molecule has 1 N–H and O–H groups in total. The van der Waals surface area contributed by atoms with Crippen molar-refractivity contribution in [3.05, 3.63) is 66.2 Å². The first kappa shape index (κ1) is 25.7. The van der Waals surface area contributed by atoms with E-state index in [-0.39, 0.29) is 43.8 Å². The molecule has 2 aromatic carbocycles. The van der Waals surface area contributed by atoms with Gasteiger partial charge in [-0.1, -0.05) is 48.0 Å². The predicted molar refractivity (Wildman–Crippen MR) is 135 cm³/mol. The molecular weight excluding hydrogens is 444 g/mol. The predicted octanol–water partition coefficient (Wildman–Crippen LogP) is 4.37. The van der Waals surface area contributed by atoms with Gasteiger partial charge in [0, 0.05) is 24.1 Å². The van der Waals surface area contributed by atoms with Crippen molar-refractivity contribution in [2.75, 3.05) is 18.5 Å². The lowest BCUT2D eigenvalue weighted by Crippen LogP contribution is -2.42. The van der Waals surface area contributed by atoms with Crippen molar-refractivity contribution < 1.29 is 19.1 Å². The lowest BCUT2D eigenvalue weighted by molar-refractivity contribution is -0.146. The number of nitrogens with zero attached hydrogens (tertiary/aromatic N) is 3. The van der Waals surface area contributed by atoms with Gasteiger partial charge in [-0.05, 0) is 39.8 Å². The molecule has 8 heteroatoms. The van der Waals surface area contributed by atoms with E-state index in [1.807, 2.05) is 81.4 Å². The van der Waals surface area contributed by atoms with Gasteiger partial charge >= 0.3 is 5.97 Å². The molecular formula is C27H32N4O4. The smallest absolute Gasteiger partial charge is 0.306 e. The number of anilines is 1. The summed E-state index contributed by atoms with van der Waals surface area (Å²) in [6.45, 7) is 7.51. The third-order valence-corrected chi connectivity index (χ3v) is 5.43. The number of aryl methyl sites for hydroxylation is 1. The fourth-order valence-corrected chi connectivity index (χ4v) is 3.58. The molecule has 1 heterocycles. The molecule has 0 fully saturated rings. The topological polar surface area (TPSA) is 93.5 Å². The van der Waals surface area contributed by atoms with Gasteiger partial charge in [0.15, 0.2) is 0 Å². The van der Waals surface area contributed by atoms with Crippen molar-refractivity contribution in [3.8, 4) is 16.9 Å². The van der Waals surface area contributed by atoms with Crippen LogP contribution in [-0.2, 0) is 19.1 Å². The van der Waals surface area contributed by atoms with Crippen LogP contribution in [-0.4, -0.2) is 51.7 Å². The minimum Gasteiger partial charge on any atom is -0.466 e. The summed E-state index contributed by atoms with van der Waals surface area (Å²) >= 11 is 0. The largest absolute Gasteiger partial charge is 0.466 e. The number of benzene rings is 2. The highest BCUT2D eigenvalue weighted by Crippen LogP contribution is 2.25. The Morgan fingerprint density at radius 1 is 1.03 bits per heavy atom. The average Bonchev–Trinajstić information content (AvgIpc) is 3.25. The normalized spacial score (nSPS) is 10.8. The van der Waals surface area contributed by atoms with Crippen LogP contribution in [0, 0.1) is 6.92 Å². The van der Waals surface area contributed by atoms with E-state index in [1.165, 1.54) is 4.90 Å². The standard InChI is InChI=1S/C27H32N4O4/c1-5-35-27(34)16-15-26(33)30(19(2)3)18-25(32)28-24-17-23(21-9-7-6-8-10-21)29-31(24)22-13-11-20(4)12-14-22/h6-14,17,19H,5,15-16,18H2,1-4H3,(H,28,32). The third-order valence-electron chi connectivity index (χ3n) is 5.43. The van der Waals surface area contributed by atoms with Crippen LogP contribution in [0.4, 0.5) is 5.82 Å². The Bertz CT molecular complexity index is 1150. The summed E-state index contributed by atoms with van der Waals surface area (Å²) in [5, 5.41) is 7.63. The van der Waals surface area contributed by atoms with Gasteiger partial charge in [-0.2, -0.15) is 5.10 Å². The summed E-state index contributed by atoms with van der Waals surface area (Å²) in [6, 6.07) is 19.1. The van der Waals surface area contributed by atoms with Crippen molar-refractivity contribution in [1.29, 1.82) is 0 Å². The fourth-order valence-electron chi connectivity index (χ4n) is 3.58. The molecule has 0 spiro atoms. The first-order chi connectivity index (χ1) is 16.8. The van der Waals surface area contributed by atoms with E-state index in [1.54, 1.807) is 11.6 Å². The van der Waals surface area contributed by atoms with Crippen LogP contribution in [0.15, 0.2) is 60.7 Å². The zero-order valence-corrected chi connectivity index (χ0v) is 20.7. The summed E-state index contributed by atoms with van der Waals surface area (Å²) in [7, 11) is 0. The quantitative estimate of drug-likeness (QED) is 0.439. The van der Waals surface area contributed by atoms with Crippen LogP contribution in [0.5, 0.6) is 0 Å². The Kier molecular flexibility index (Phi) is 8.78. The van der Waals surface area contributed by atoms with Crippen LogP contribution in [0.1, 0.15) is 39.2 Å². The molecule has 3 rings (SSSR count). The van der Waals surface area contributed by atoms with E-state index in [0.29, 0.717) is 11.5 Å². The molecule has 0 radical (unpaired) electrons. The zero-order valence-electron chi connectivity index (χ0n) is 20.7. The van der Waals surface area contributed by atoms with Crippen LogP contribution >= 0.6 is 0 Å². The van der Waals surface area contributed by atoms with Crippen molar-refractivity contribution in [1.82, 2.24) is 14.7 Å². The molecule has 0 unspecified atom stereocenters. The van der Waals surface area contributed by atoms with Gasteiger partial charge in [0.05, 0.1) is 24.4 Å². The van der Waals surface area contributed by atoms with E-state index in [0.717, 1.165) is 16.8 Å². The Hall–Kier alpha value is -3.94. The first-order valence-corrected chi connectivity index (χ1v) is 11.8. The maximum Gasteiger partial charge on any atom is 0.306 e. The first-order valence-electron chi connectivity index (χ1n) is 11.8. The van der Waals surface area contributed by atoms with Crippen LogP contribution in [0.25, 0.3) is 16.9 Å². The summed E-state index contributed by atoms with van der Waals surface area (Å²) in [6.07, 6.45) is -0.0259. The number of amides is 2. The Morgan fingerprint density at radius 2 is 1.71 bits per heavy atom. The lowest BCUT2D eigenvalue weighted by Gasteiger charge is -2.26. The molecule has 1 aromatic heterocycles. The molecule has 0 atom stereocenters. The second-order valence-corrected chi connectivity index (χ2v) is 8.50. The van der Waals surface area contributed by atoms with Gasteiger partial charge in [-0.15, -0.1) is 0 Å². The molecule has 184 valence electrons. The van der Waals surface area contributed by atoms with E-state index >= 15 is 0 Å². The van der Waals surface area contributed by atoms with Gasteiger partial charge in [0.1, 0.15) is 12.4 Å². The van der Waals surface area contributed by atoms with E-state index in [2.05, 4.69) is 5.32 Å². The molecule has 2 amide bonds. The molecule has 0 saturated heterocycles. The van der Waals surface area contributed by atoms with Crippen molar-refractivity contribution >= 4 is 23.6 Å². The number of nitrogens with one attached hydrogen (secondary N) is 1. The molecule has 0 bridgehead atoms. The van der Waals surface area contributed by atoms with E-state index in [9.17, 15) is 14.4 Å². The van der Waals surface area contributed by atoms with Gasteiger partial charge in [0.2, 0.25) is 11.8 Å². The number of hydrogen-bond acceptors (Lipinski definition) is 5. The Labute approximate surface area is 205 Å².